The summed E-state index contributed by atoms with van der Waals surface area (Å²) in [6, 6.07) is 5.56. The molecule has 1 amide bonds. The Balaban J connectivity index is 1.77. The number of esters is 1. The van der Waals surface area contributed by atoms with Crippen molar-refractivity contribution < 1.29 is 23.8 Å². The summed E-state index contributed by atoms with van der Waals surface area (Å²) in [6.45, 7) is 3.94. The number of amides is 1. The number of anilines is 1. The molecule has 1 atom stereocenters. The van der Waals surface area contributed by atoms with E-state index in [0.717, 1.165) is 36.1 Å². The molecular formula is C22H27NO5S2. The average molecular weight is 450 g/mol. The molecule has 1 aliphatic rings. The third-order valence-electron chi connectivity index (χ3n) is 4.92. The van der Waals surface area contributed by atoms with Gasteiger partial charge in [0.2, 0.25) is 5.91 Å². The SMILES string of the molecule is CCOC(=O)c1c(NC(=O)C(C)Sc2ccc(OC)c(OC)c2)sc2c1CCCC2. The standard InChI is InChI=1S/C22H27NO5S2/c1-5-28-22(25)19-15-8-6-7-9-18(15)30-21(19)23-20(24)13(2)29-14-10-11-16(26-3)17(12-14)27-4/h10-13H,5-9H2,1-4H3,(H,23,24). The third kappa shape index (κ3) is 4.92. The lowest BCUT2D eigenvalue weighted by atomic mass is 9.95. The number of nitrogens with one attached hydrogen (secondary N) is 1. The molecule has 30 heavy (non-hydrogen) atoms. The van der Waals surface area contributed by atoms with Gasteiger partial charge in [0.1, 0.15) is 5.00 Å². The number of fused-ring (bicyclic) bond motifs is 1. The number of hydrogen-bond acceptors (Lipinski definition) is 7. The molecule has 1 unspecified atom stereocenters. The second kappa shape index (κ2) is 10.2. The summed E-state index contributed by atoms with van der Waals surface area (Å²) in [5.41, 5.74) is 1.58. The summed E-state index contributed by atoms with van der Waals surface area (Å²) in [5, 5.41) is 3.22. The van der Waals surface area contributed by atoms with E-state index in [1.54, 1.807) is 21.1 Å². The lowest BCUT2D eigenvalue weighted by Gasteiger charge is -2.14. The Morgan fingerprint density at radius 2 is 1.90 bits per heavy atom. The molecule has 3 rings (SSSR count). The summed E-state index contributed by atoms with van der Waals surface area (Å²) in [4.78, 5) is 27.6. The maximum atomic E-state index is 12.9. The zero-order valence-electron chi connectivity index (χ0n) is 17.7. The summed E-state index contributed by atoms with van der Waals surface area (Å²) >= 11 is 2.92. The summed E-state index contributed by atoms with van der Waals surface area (Å²) < 4.78 is 15.9. The van der Waals surface area contributed by atoms with Gasteiger partial charge in [0.05, 0.1) is 31.6 Å². The maximum Gasteiger partial charge on any atom is 0.341 e. The van der Waals surface area contributed by atoms with Crippen LogP contribution in [0.2, 0.25) is 0 Å². The Kier molecular flexibility index (Phi) is 7.66. The van der Waals surface area contributed by atoms with Crippen LogP contribution in [0.3, 0.4) is 0 Å². The van der Waals surface area contributed by atoms with E-state index in [-0.39, 0.29) is 17.1 Å². The minimum absolute atomic E-state index is 0.154. The van der Waals surface area contributed by atoms with Crippen molar-refractivity contribution in [3.8, 4) is 11.5 Å². The monoisotopic (exact) mass is 449 g/mol. The van der Waals surface area contributed by atoms with Crippen LogP contribution < -0.4 is 14.8 Å². The maximum absolute atomic E-state index is 12.9. The van der Waals surface area contributed by atoms with Crippen molar-refractivity contribution in [2.24, 2.45) is 0 Å². The molecule has 0 spiro atoms. The highest BCUT2D eigenvalue weighted by molar-refractivity contribution is 8.00. The van der Waals surface area contributed by atoms with Gasteiger partial charge in [-0.2, -0.15) is 0 Å². The molecule has 1 aromatic carbocycles. The number of rotatable bonds is 8. The number of thioether (sulfide) groups is 1. The van der Waals surface area contributed by atoms with Crippen molar-refractivity contribution in [2.45, 2.75) is 49.7 Å². The second-order valence-corrected chi connectivity index (χ2v) is 9.42. The minimum Gasteiger partial charge on any atom is -0.493 e. The first-order valence-corrected chi connectivity index (χ1v) is 11.7. The van der Waals surface area contributed by atoms with E-state index >= 15 is 0 Å². The van der Waals surface area contributed by atoms with Crippen LogP contribution in [0, 0.1) is 0 Å². The Morgan fingerprint density at radius 1 is 1.17 bits per heavy atom. The van der Waals surface area contributed by atoms with Crippen molar-refractivity contribution in [2.75, 3.05) is 26.1 Å². The Bertz CT molecular complexity index is 924. The summed E-state index contributed by atoms with van der Waals surface area (Å²) in [5.74, 6) is 0.749. The zero-order chi connectivity index (χ0) is 21.7. The highest BCUT2D eigenvalue weighted by Crippen LogP contribution is 2.39. The molecule has 0 radical (unpaired) electrons. The van der Waals surface area contributed by atoms with Crippen LogP contribution in [0.25, 0.3) is 0 Å². The first-order chi connectivity index (χ1) is 14.5. The predicted octanol–water partition coefficient (Wildman–Crippen LogP) is 4.94. The van der Waals surface area contributed by atoms with Gasteiger partial charge in [-0.3, -0.25) is 4.79 Å². The summed E-state index contributed by atoms with van der Waals surface area (Å²) in [6.07, 6.45) is 3.95. The van der Waals surface area contributed by atoms with Gasteiger partial charge >= 0.3 is 5.97 Å². The number of hydrogen-bond donors (Lipinski definition) is 1. The van der Waals surface area contributed by atoms with Gasteiger partial charge in [0.15, 0.2) is 11.5 Å². The van der Waals surface area contributed by atoms with Crippen molar-refractivity contribution in [3.05, 3.63) is 34.2 Å². The molecule has 0 saturated carbocycles. The molecule has 6 nitrogen and oxygen atoms in total. The first kappa shape index (κ1) is 22.5. The largest absolute Gasteiger partial charge is 0.493 e. The van der Waals surface area contributed by atoms with Gasteiger partial charge in [-0.25, -0.2) is 4.79 Å². The highest BCUT2D eigenvalue weighted by Gasteiger charge is 2.28. The van der Waals surface area contributed by atoms with Crippen molar-refractivity contribution >= 4 is 40.0 Å². The third-order valence-corrected chi connectivity index (χ3v) is 7.23. The van der Waals surface area contributed by atoms with E-state index in [4.69, 9.17) is 14.2 Å². The van der Waals surface area contributed by atoms with E-state index in [9.17, 15) is 9.59 Å². The van der Waals surface area contributed by atoms with Gasteiger partial charge < -0.3 is 19.5 Å². The topological polar surface area (TPSA) is 73.9 Å². The molecular weight excluding hydrogens is 422 g/mol. The van der Waals surface area contributed by atoms with Gasteiger partial charge in [-0.1, -0.05) is 0 Å². The number of ether oxygens (including phenoxy) is 3. The van der Waals surface area contributed by atoms with Gasteiger partial charge in [-0.15, -0.1) is 23.1 Å². The smallest absolute Gasteiger partial charge is 0.341 e. The van der Waals surface area contributed by atoms with Crippen LogP contribution in [0.15, 0.2) is 23.1 Å². The molecule has 1 aromatic heterocycles. The fourth-order valence-electron chi connectivity index (χ4n) is 3.43. The molecule has 1 N–H and O–H groups in total. The lowest BCUT2D eigenvalue weighted by molar-refractivity contribution is -0.115. The van der Waals surface area contributed by atoms with E-state index < -0.39 is 0 Å². The molecule has 8 heteroatoms. The number of methoxy groups -OCH3 is 2. The second-order valence-electron chi connectivity index (χ2n) is 6.90. The molecule has 1 aliphatic carbocycles. The fraction of sp³-hybridized carbons (Fsp3) is 0.455. The van der Waals surface area contributed by atoms with Crippen LogP contribution in [-0.4, -0.2) is 38.0 Å². The van der Waals surface area contributed by atoms with Gasteiger partial charge in [0.25, 0.3) is 0 Å². The normalized spacial score (nSPS) is 13.9. The molecule has 162 valence electrons. The van der Waals surface area contributed by atoms with Crippen molar-refractivity contribution in [1.82, 2.24) is 0 Å². The zero-order valence-corrected chi connectivity index (χ0v) is 19.3. The molecule has 0 bridgehead atoms. The Labute approximate surface area is 185 Å². The number of aryl methyl sites for hydroxylation is 1. The molecule has 2 aromatic rings. The first-order valence-electron chi connectivity index (χ1n) is 9.99. The van der Waals surface area contributed by atoms with Crippen LogP contribution in [0.5, 0.6) is 11.5 Å². The van der Waals surface area contributed by atoms with Crippen molar-refractivity contribution in [1.29, 1.82) is 0 Å². The fourth-order valence-corrected chi connectivity index (χ4v) is 5.61. The molecule has 0 saturated heterocycles. The molecule has 1 heterocycles. The molecule has 0 aliphatic heterocycles. The average Bonchev–Trinajstić information content (AvgIpc) is 3.11. The van der Waals surface area contributed by atoms with Crippen LogP contribution in [0.4, 0.5) is 5.00 Å². The number of benzene rings is 1. The lowest BCUT2D eigenvalue weighted by Crippen LogP contribution is -2.23. The Hall–Kier alpha value is -2.19. The Morgan fingerprint density at radius 3 is 2.60 bits per heavy atom. The summed E-state index contributed by atoms with van der Waals surface area (Å²) in [7, 11) is 3.17. The highest BCUT2D eigenvalue weighted by atomic mass is 32.2. The predicted molar refractivity (Wildman–Crippen MR) is 120 cm³/mol. The number of thiophene rings is 1. The van der Waals surface area contributed by atoms with E-state index in [1.165, 1.54) is 28.0 Å². The van der Waals surface area contributed by atoms with Crippen LogP contribution in [-0.2, 0) is 22.4 Å². The van der Waals surface area contributed by atoms with Crippen LogP contribution in [0.1, 0.15) is 47.5 Å². The minimum atomic E-state index is -0.364. The van der Waals surface area contributed by atoms with Gasteiger partial charge in [-0.05, 0) is 63.3 Å². The van der Waals surface area contributed by atoms with Gasteiger partial charge in [0, 0.05) is 9.77 Å². The van der Waals surface area contributed by atoms with Crippen LogP contribution >= 0.6 is 23.1 Å². The van der Waals surface area contributed by atoms with E-state index in [1.807, 2.05) is 25.1 Å². The number of carbonyl (C=O) groups excluding carboxylic acids is 2. The quantitative estimate of drug-likeness (QED) is 0.455. The van der Waals surface area contributed by atoms with E-state index in [2.05, 4.69) is 5.32 Å². The molecule has 0 fully saturated rings. The van der Waals surface area contributed by atoms with Crippen molar-refractivity contribution in [3.63, 3.8) is 0 Å². The van der Waals surface area contributed by atoms with E-state index in [0.29, 0.717) is 28.7 Å². The number of carbonyl (C=O) groups is 2.